The number of rotatable bonds is 4. The third-order valence-corrected chi connectivity index (χ3v) is 5.54. The van der Waals surface area contributed by atoms with Gasteiger partial charge in [-0.15, -0.1) is 12.4 Å². The summed E-state index contributed by atoms with van der Waals surface area (Å²) in [5.74, 6) is 0.939. The molecule has 0 unspecified atom stereocenters. The normalized spacial score (nSPS) is 16.9. The van der Waals surface area contributed by atoms with Crippen LogP contribution in [0.15, 0.2) is 53.7 Å². The number of carbonyl (C=O) groups excluding carboxylic acids is 1. The van der Waals surface area contributed by atoms with Crippen molar-refractivity contribution in [2.75, 3.05) is 19.6 Å². The van der Waals surface area contributed by atoms with E-state index in [0.29, 0.717) is 6.04 Å². The second-order valence-electron chi connectivity index (χ2n) is 6.65. The van der Waals surface area contributed by atoms with Crippen LogP contribution >= 0.6 is 24.2 Å². The number of thioether (sulfide) groups is 1. The fourth-order valence-electron chi connectivity index (χ4n) is 3.19. The van der Waals surface area contributed by atoms with E-state index in [2.05, 4.69) is 22.2 Å². The van der Waals surface area contributed by atoms with Crippen molar-refractivity contribution in [2.24, 2.45) is 0 Å². The molecule has 2 aromatic carbocycles. The predicted octanol–water partition coefficient (Wildman–Crippen LogP) is 3.71. The van der Waals surface area contributed by atoms with Gasteiger partial charge in [-0.1, -0.05) is 36.0 Å². The minimum atomic E-state index is 0. The number of nitrogens with one attached hydrogen (secondary N) is 2. The Hall–Kier alpha value is -2.02. The fourth-order valence-corrected chi connectivity index (χ4v) is 4.03. The van der Waals surface area contributed by atoms with Crippen molar-refractivity contribution in [1.29, 1.82) is 0 Å². The summed E-state index contributed by atoms with van der Waals surface area (Å²) in [5.41, 5.74) is 3.99. The molecule has 4 rings (SSSR count). The van der Waals surface area contributed by atoms with E-state index in [1.54, 1.807) is 11.8 Å². The largest absolute Gasteiger partial charge is 0.336 e. The highest BCUT2D eigenvalue weighted by Crippen LogP contribution is 2.23. The Balaban J connectivity index is 0.00000210. The zero-order valence-electron chi connectivity index (χ0n) is 15.1. The van der Waals surface area contributed by atoms with Crippen LogP contribution in [0.2, 0.25) is 0 Å². The maximum Gasteiger partial charge on any atom is 0.253 e. The number of fused-ring (bicyclic) bond motifs is 1. The number of piperazine rings is 1. The molecule has 0 bridgehead atoms. The van der Waals surface area contributed by atoms with Crippen molar-refractivity contribution in [3.63, 3.8) is 0 Å². The zero-order valence-corrected chi connectivity index (χ0v) is 16.8. The molecule has 2 heterocycles. The van der Waals surface area contributed by atoms with E-state index in [-0.39, 0.29) is 18.3 Å². The molecule has 5 nitrogen and oxygen atoms in total. The first-order valence-corrected chi connectivity index (χ1v) is 9.87. The number of carbonyl (C=O) groups is 1. The number of imidazole rings is 1. The number of nitrogens with zero attached hydrogens (tertiary/aromatic N) is 2. The van der Waals surface area contributed by atoms with Gasteiger partial charge in [0.1, 0.15) is 0 Å². The molecule has 1 aromatic heterocycles. The van der Waals surface area contributed by atoms with Gasteiger partial charge in [0.15, 0.2) is 5.16 Å². The maximum absolute atomic E-state index is 12.6. The van der Waals surface area contributed by atoms with Gasteiger partial charge in [0.25, 0.3) is 5.91 Å². The smallest absolute Gasteiger partial charge is 0.253 e. The van der Waals surface area contributed by atoms with Crippen LogP contribution in [-0.2, 0) is 5.75 Å². The van der Waals surface area contributed by atoms with Gasteiger partial charge in [-0.3, -0.25) is 4.79 Å². The average molecular weight is 403 g/mol. The molecule has 3 aromatic rings. The third-order valence-electron chi connectivity index (χ3n) is 4.60. The number of para-hydroxylation sites is 2. The van der Waals surface area contributed by atoms with Gasteiger partial charge < -0.3 is 15.2 Å². The van der Waals surface area contributed by atoms with Crippen LogP contribution in [0.3, 0.4) is 0 Å². The van der Waals surface area contributed by atoms with Gasteiger partial charge in [0.2, 0.25) is 0 Å². The lowest BCUT2D eigenvalue weighted by Crippen LogP contribution is -2.51. The molecular weight excluding hydrogens is 380 g/mol. The lowest BCUT2D eigenvalue weighted by Gasteiger charge is -2.32. The van der Waals surface area contributed by atoms with E-state index in [4.69, 9.17) is 0 Å². The fraction of sp³-hybridized carbons (Fsp3) is 0.300. The van der Waals surface area contributed by atoms with Crippen molar-refractivity contribution in [2.45, 2.75) is 23.9 Å². The Morgan fingerprint density at radius 1 is 1.22 bits per heavy atom. The van der Waals surface area contributed by atoms with Crippen LogP contribution in [0.4, 0.5) is 0 Å². The lowest BCUT2D eigenvalue weighted by molar-refractivity contribution is 0.0709. The predicted molar refractivity (Wildman–Crippen MR) is 113 cm³/mol. The van der Waals surface area contributed by atoms with E-state index in [1.165, 1.54) is 5.56 Å². The van der Waals surface area contributed by atoms with Gasteiger partial charge in [-0.2, -0.15) is 0 Å². The van der Waals surface area contributed by atoms with Crippen molar-refractivity contribution in [3.05, 3.63) is 59.7 Å². The van der Waals surface area contributed by atoms with Crippen LogP contribution in [-0.4, -0.2) is 46.5 Å². The minimum absolute atomic E-state index is 0. The second-order valence-corrected chi connectivity index (χ2v) is 7.62. The molecule has 1 atom stereocenters. The minimum Gasteiger partial charge on any atom is -0.336 e. The number of hydrogen-bond acceptors (Lipinski definition) is 4. The molecule has 27 heavy (non-hydrogen) atoms. The summed E-state index contributed by atoms with van der Waals surface area (Å²) in [5, 5.41) is 4.28. The number of aromatic amines is 1. The molecular formula is C20H23ClN4OS. The quantitative estimate of drug-likeness (QED) is 0.653. The topological polar surface area (TPSA) is 61.0 Å². The highest BCUT2D eigenvalue weighted by atomic mass is 35.5. The summed E-state index contributed by atoms with van der Waals surface area (Å²) >= 11 is 1.67. The molecule has 0 aliphatic carbocycles. The van der Waals surface area contributed by atoms with Crippen LogP contribution in [0.5, 0.6) is 0 Å². The van der Waals surface area contributed by atoms with E-state index < -0.39 is 0 Å². The summed E-state index contributed by atoms with van der Waals surface area (Å²) in [6.07, 6.45) is 0. The molecule has 1 aliphatic rings. The summed E-state index contributed by atoms with van der Waals surface area (Å²) in [4.78, 5) is 22.5. The number of aromatic nitrogens is 2. The first kappa shape index (κ1) is 19.7. The van der Waals surface area contributed by atoms with E-state index in [0.717, 1.165) is 47.1 Å². The molecule has 1 amide bonds. The van der Waals surface area contributed by atoms with E-state index >= 15 is 0 Å². The zero-order chi connectivity index (χ0) is 17.9. The van der Waals surface area contributed by atoms with Crippen LogP contribution < -0.4 is 5.32 Å². The molecule has 0 spiro atoms. The Kier molecular flexibility index (Phi) is 6.42. The molecule has 0 saturated carbocycles. The Bertz CT molecular complexity index is 879. The van der Waals surface area contributed by atoms with Gasteiger partial charge in [-0.05, 0) is 36.8 Å². The van der Waals surface area contributed by atoms with Crippen LogP contribution in [0.25, 0.3) is 11.0 Å². The lowest BCUT2D eigenvalue weighted by atomic mass is 10.1. The Morgan fingerprint density at radius 3 is 2.74 bits per heavy atom. The Morgan fingerprint density at radius 2 is 2.00 bits per heavy atom. The number of hydrogen-bond donors (Lipinski definition) is 2. The van der Waals surface area contributed by atoms with E-state index in [9.17, 15) is 4.79 Å². The number of halogens is 1. The molecule has 1 saturated heterocycles. The van der Waals surface area contributed by atoms with E-state index in [1.807, 2.05) is 53.4 Å². The summed E-state index contributed by atoms with van der Waals surface area (Å²) in [6.45, 7) is 4.51. The molecule has 7 heteroatoms. The summed E-state index contributed by atoms with van der Waals surface area (Å²) in [7, 11) is 0. The molecule has 2 N–H and O–H groups in total. The number of H-pyrrole nitrogens is 1. The third kappa shape index (κ3) is 4.64. The SMILES string of the molecule is C[C@@H]1CN(C(=O)c2ccc(CSc3nc4ccccc4[nH]3)cc2)CCN1.Cl. The second kappa shape index (κ2) is 8.78. The molecule has 0 radical (unpaired) electrons. The van der Waals surface area contributed by atoms with Crippen LogP contribution in [0.1, 0.15) is 22.8 Å². The summed E-state index contributed by atoms with van der Waals surface area (Å²) in [6, 6.07) is 16.3. The molecule has 142 valence electrons. The van der Waals surface area contributed by atoms with Crippen LogP contribution in [0, 0.1) is 0 Å². The average Bonchev–Trinajstić information content (AvgIpc) is 3.09. The molecule has 1 aliphatic heterocycles. The van der Waals surface area contributed by atoms with Crippen molar-refractivity contribution in [1.82, 2.24) is 20.2 Å². The first-order valence-electron chi connectivity index (χ1n) is 8.88. The number of amides is 1. The van der Waals surface area contributed by atoms with Gasteiger partial charge in [0.05, 0.1) is 11.0 Å². The molecule has 1 fully saturated rings. The highest BCUT2D eigenvalue weighted by Gasteiger charge is 2.21. The van der Waals surface area contributed by atoms with Crippen molar-refractivity contribution < 1.29 is 4.79 Å². The maximum atomic E-state index is 12.6. The standard InChI is InChI=1S/C20H22N4OS.ClH/c1-14-12-24(11-10-21-14)19(25)16-8-6-15(7-9-16)13-26-20-22-17-4-2-3-5-18(17)23-20;/h2-9,14,21H,10-13H2,1H3,(H,22,23);1H/t14-;/m1./s1. The Labute approximate surface area is 169 Å². The van der Waals surface area contributed by atoms with Gasteiger partial charge in [-0.25, -0.2) is 4.98 Å². The number of benzene rings is 2. The van der Waals surface area contributed by atoms with Crippen molar-refractivity contribution in [3.8, 4) is 0 Å². The van der Waals surface area contributed by atoms with Gasteiger partial charge >= 0.3 is 0 Å². The summed E-state index contributed by atoms with van der Waals surface area (Å²) < 4.78 is 0. The highest BCUT2D eigenvalue weighted by molar-refractivity contribution is 7.98. The first-order chi connectivity index (χ1) is 12.7. The van der Waals surface area contributed by atoms with Gasteiger partial charge in [0, 0.05) is 37.0 Å². The van der Waals surface area contributed by atoms with Crippen molar-refractivity contribution >= 4 is 41.1 Å². The monoisotopic (exact) mass is 402 g/mol.